The minimum Gasteiger partial charge on any atom is -0.394 e. The molecule has 64 heavy (non-hydrogen) atoms. The fourth-order valence-electron chi connectivity index (χ4n) is 14.2. The maximum Gasteiger partial charge on any atom is 0.187 e. The smallest absolute Gasteiger partial charge is 0.187 e. The van der Waals surface area contributed by atoms with Crippen LogP contribution in [-0.2, 0) is 33.2 Å². The van der Waals surface area contributed by atoms with Crippen LogP contribution in [0.5, 0.6) is 0 Å². The number of rotatable bonds is 13. The van der Waals surface area contributed by atoms with E-state index in [2.05, 4.69) is 20.8 Å². The molecule has 12 N–H and O–H groups in total. The molecule has 27 atom stereocenters. The predicted octanol–water partition coefficient (Wildman–Crippen LogP) is -1.78. The van der Waals surface area contributed by atoms with E-state index in [0.29, 0.717) is 42.9 Å². The topological polar surface area (TPSA) is 307 Å². The van der Waals surface area contributed by atoms with Crippen LogP contribution in [0.1, 0.15) is 91.9 Å². The molecule has 4 heterocycles. The highest BCUT2D eigenvalue weighted by atomic mass is 16.8. The lowest BCUT2D eigenvalue weighted by Crippen LogP contribution is -2.65. The van der Waals surface area contributed by atoms with Gasteiger partial charge in [-0.05, 0) is 104 Å². The van der Waals surface area contributed by atoms with Gasteiger partial charge in [0.05, 0.1) is 38.6 Å². The lowest BCUT2D eigenvalue weighted by molar-refractivity contribution is -0.373. The Morgan fingerprint density at radius 2 is 1.20 bits per heavy atom. The quantitative estimate of drug-likeness (QED) is 0.0909. The van der Waals surface area contributed by atoms with Crippen molar-refractivity contribution in [3.63, 3.8) is 0 Å². The fraction of sp³-hybridized carbons (Fsp3) is 1.00. The summed E-state index contributed by atoms with van der Waals surface area (Å²) in [5.74, 6) is 0.532. The summed E-state index contributed by atoms with van der Waals surface area (Å²) in [5.41, 5.74) is 0.0475. The summed E-state index contributed by atoms with van der Waals surface area (Å²) in [6.45, 7) is 7.28. The van der Waals surface area contributed by atoms with Crippen LogP contribution < -0.4 is 0 Å². The molecule has 0 radical (unpaired) electrons. The number of ether oxygens (including phenoxy) is 7. The molecule has 0 amide bonds. The Hall–Kier alpha value is -0.760. The molecule has 19 nitrogen and oxygen atoms in total. The Bertz CT molecular complexity index is 1560. The predicted molar refractivity (Wildman–Crippen MR) is 219 cm³/mol. The molecule has 4 saturated heterocycles. The molecule has 370 valence electrons. The molecule has 4 aliphatic carbocycles. The molecule has 0 aromatic carbocycles. The summed E-state index contributed by atoms with van der Waals surface area (Å²) in [7, 11) is 0. The van der Waals surface area contributed by atoms with Crippen LogP contribution >= 0.6 is 0 Å². The summed E-state index contributed by atoms with van der Waals surface area (Å²) in [5, 5.41) is 125. The normalized spacial score (nSPS) is 55.6. The minimum absolute atomic E-state index is 0.00000712. The second kappa shape index (κ2) is 19.2. The molecular formula is C45H76O19. The van der Waals surface area contributed by atoms with Crippen molar-refractivity contribution in [2.24, 2.45) is 52.3 Å². The van der Waals surface area contributed by atoms with Crippen LogP contribution in [0, 0.1) is 52.3 Å². The molecule has 8 fully saturated rings. The van der Waals surface area contributed by atoms with Crippen LogP contribution in [0.4, 0.5) is 0 Å². The molecule has 0 unspecified atom stereocenters. The van der Waals surface area contributed by atoms with Crippen molar-refractivity contribution >= 4 is 0 Å². The highest BCUT2D eigenvalue weighted by Gasteiger charge is 2.68. The average Bonchev–Trinajstić information content (AvgIpc) is 3.71. The monoisotopic (exact) mass is 920 g/mol. The zero-order valence-electron chi connectivity index (χ0n) is 37.5. The number of hydrogen-bond acceptors (Lipinski definition) is 19. The second-order valence-electron chi connectivity index (χ2n) is 21.5. The van der Waals surface area contributed by atoms with Crippen LogP contribution in [0.3, 0.4) is 0 Å². The van der Waals surface area contributed by atoms with E-state index in [9.17, 15) is 61.3 Å². The van der Waals surface area contributed by atoms with E-state index in [1.165, 1.54) is 0 Å². The molecule has 0 aromatic rings. The molecular weight excluding hydrogens is 844 g/mol. The van der Waals surface area contributed by atoms with Crippen molar-refractivity contribution in [3.05, 3.63) is 0 Å². The van der Waals surface area contributed by atoms with E-state index >= 15 is 0 Å². The van der Waals surface area contributed by atoms with Crippen molar-refractivity contribution in [1.29, 1.82) is 0 Å². The second-order valence-corrected chi connectivity index (χ2v) is 21.5. The molecule has 0 aromatic heterocycles. The van der Waals surface area contributed by atoms with E-state index in [1.54, 1.807) is 0 Å². The maximum atomic E-state index is 12.1. The Kier molecular flexibility index (Phi) is 14.9. The van der Waals surface area contributed by atoms with Gasteiger partial charge in [0.2, 0.25) is 0 Å². The Morgan fingerprint density at radius 1 is 0.625 bits per heavy atom. The molecule has 4 saturated carbocycles. The fourth-order valence-corrected chi connectivity index (χ4v) is 14.2. The maximum absolute atomic E-state index is 12.1. The van der Waals surface area contributed by atoms with E-state index in [-0.39, 0.29) is 47.4 Å². The zero-order valence-corrected chi connectivity index (χ0v) is 37.5. The van der Waals surface area contributed by atoms with E-state index < -0.39 is 118 Å². The third-order valence-corrected chi connectivity index (χ3v) is 18.0. The minimum atomic E-state index is -1.75. The first-order valence-corrected chi connectivity index (χ1v) is 23.9. The first kappa shape index (κ1) is 49.7. The van der Waals surface area contributed by atoms with Gasteiger partial charge in [-0.1, -0.05) is 27.7 Å². The largest absolute Gasteiger partial charge is 0.394 e. The standard InChI is InChI=1S/C45H76O19/c1-19(18-58-40-37(55)34(52)31(49)27(15-46)60-40)7-12-45(57)20(2)30-26(64-45)14-25-23-6-5-21-13-22(8-10-43(21,3)24(23)9-11-44(25,30)4)59-42-39(36(54)33(51)29(17-48)62-42)63-41-38(56)35(53)32(50)28(16-47)61-41/h19-42,46-57H,5-18H2,1-4H3/t19-,20+,21-,22+,23-,24+,25+,26+,27-,28-,29-,30+,31-,32-,33-,34+,35+,36+,37-,38-,39-,40-,41+,42-,43+,44+,45-/m1/s1. The Balaban J connectivity index is 0.869. The van der Waals surface area contributed by atoms with Crippen molar-refractivity contribution in [1.82, 2.24) is 0 Å². The van der Waals surface area contributed by atoms with Gasteiger partial charge in [-0.2, -0.15) is 0 Å². The summed E-state index contributed by atoms with van der Waals surface area (Å²) >= 11 is 0. The van der Waals surface area contributed by atoms with Crippen molar-refractivity contribution in [3.8, 4) is 0 Å². The van der Waals surface area contributed by atoms with Gasteiger partial charge in [-0.15, -0.1) is 0 Å². The zero-order chi connectivity index (χ0) is 46.2. The van der Waals surface area contributed by atoms with Gasteiger partial charge < -0.3 is 94.4 Å². The Morgan fingerprint density at radius 3 is 1.84 bits per heavy atom. The van der Waals surface area contributed by atoms with Crippen LogP contribution in [-0.4, -0.2) is 198 Å². The number of aliphatic hydroxyl groups is 12. The van der Waals surface area contributed by atoms with E-state index in [0.717, 1.165) is 44.9 Å². The summed E-state index contributed by atoms with van der Waals surface area (Å²) in [6.07, 6.45) is -13.7. The first-order chi connectivity index (χ1) is 30.3. The van der Waals surface area contributed by atoms with Crippen molar-refractivity contribution in [2.45, 2.75) is 202 Å². The first-order valence-electron chi connectivity index (χ1n) is 23.9. The molecule has 8 aliphatic rings. The van der Waals surface area contributed by atoms with Gasteiger partial charge in [0.1, 0.15) is 73.2 Å². The van der Waals surface area contributed by atoms with Crippen LogP contribution in [0.2, 0.25) is 0 Å². The molecule has 19 heteroatoms. The lowest BCUT2D eigenvalue weighted by Gasteiger charge is -2.61. The van der Waals surface area contributed by atoms with Gasteiger partial charge >= 0.3 is 0 Å². The lowest BCUT2D eigenvalue weighted by atomic mass is 9.44. The van der Waals surface area contributed by atoms with Gasteiger partial charge in [0.15, 0.2) is 24.7 Å². The molecule has 4 aliphatic heterocycles. The number of aliphatic hydroxyl groups excluding tert-OH is 11. The highest BCUT2D eigenvalue weighted by molar-refractivity contribution is 5.15. The van der Waals surface area contributed by atoms with Gasteiger partial charge in [-0.3, -0.25) is 0 Å². The van der Waals surface area contributed by atoms with Gasteiger partial charge in [0, 0.05) is 12.3 Å². The summed E-state index contributed by atoms with van der Waals surface area (Å²) in [6, 6.07) is 0. The Labute approximate surface area is 374 Å². The molecule has 8 rings (SSSR count). The number of hydrogen-bond donors (Lipinski definition) is 12. The molecule has 0 spiro atoms. The van der Waals surface area contributed by atoms with Crippen molar-refractivity contribution < 1.29 is 94.4 Å². The average molecular weight is 921 g/mol. The third-order valence-electron chi connectivity index (χ3n) is 18.0. The SMILES string of the molecule is C[C@H](CC[C@@]1(O)O[C@H]2C[C@H]3[C@@H]4CC[C@@H]5C[C@@H](O[C@@H]6O[C@H](CO)[C@@H](O)[C@H](O)[C@H]6O[C@@H]6O[C@H](CO)[C@@H](O)[C@H](O)[C@H]6O)CC[C@]5(C)[C@H]4CC[C@]3(C)[C@H]2[C@@H]1C)CO[C@@H]1O[C@H](CO)[C@@H](O)[C@H](O)[C@H]1O. The van der Waals surface area contributed by atoms with Crippen LogP contribution in [0.25, 0.3) is 0 Å². The molecule has 0 bridgehead atoms. The van der Waals surface area contributed by atoms with E-state index in [4.69, 9.17) is 33.2 Å². The van der Waals surface area contributed by atoms with Crippen molar-refractivity contribution in [2.75, 3.05) is 26.4 Å². The summed E-state index contributed by atoms with van der Waals surface area (Å²) < 4.78 is 42.0. The third kappa shape index (κ3) is 8.65. The van der Waals surface area contributed by atoms with Gasteiger partial charge in [0.25, 0.3) is 0 Å². The summed E-state index contributed by atoms with van der Waals surface area (Å²) in [4.78, 5) is 0. The number of fused-ring (bicyclic) bond motifs is 7. The van der Waals surface area contributed by atoms with Crippen LogP contribution in [0.15, 0.2) is 0 Å². The van der Waals surface area contributed by atoms with Gasteiger partial charge in [-0.25, -0.2) is 0 Å². The highest BCUT2D eigenvalue weighted by Crippen LogP contribution is 2.71. The van der Waals surface area contributed by atoms with E-state index in [1.807, 2.05) is 6.92 Å².